The minimum absolute atomic E-state index is 0. The van der Waals surface area contributed by atoms with Crippen molar-refractivity contribution in [1.29, 1.82) is 0 Å². The van der Waals surface area contributed by atoms with Gasteiger partial charge in [-0.05, 0) is 95.7 Å². The van der Waals surface area contributed by atoms with Crippen LogP contribution in [0.2, 0.25) is 19.6 Å². The van der Waals surface area contributed by atoms with Crippen molar-refractivity contribution in [1.82, 2.24) is 19.5 Å². The summed E-state index contributed by atoms with van der Waals surface area (Å²) < 4.78 is 8.61. The Morgan fingerprint density at radius 3 is 2.19 bits per heavy atom. The third-order valence-electron chi connectivity index (χ3n) is 10.5. The van der Waals surface area contributed by atoms with Gasteiger partial charge in [0, 0.05) is 43.6 Å². The smallest absolute Gasteiger partial charge is 0.216 e. The van der Waals surface area contributed by atoms with Crippen LogP contribution in [0, 0.1) is 38.8 Å². The van der Waals surface area contributed by atoms with E-state index < -0.39 is 8.07 Å². The first-order valence-corrected chi connectivity index (χ1v) is 23.3. The summed E-state index contributed by atoms with van der Waals surface area (Å²) in [5, 5.41) is 3.56. The number of benzene rings is 5. The average Bonchev–Trinajstić information content (AvgIpc) is 3.78. The standard InChI is InChI=1S/C33H24N3O.C18H24NSi.Ir/c1-20-15-16-26(31-29(20)25-12-9-17-34-33(25)37-31)32-35-27-13-7-8-14-28(27)36(32)30-21(2)18-24(19-22(30)3)23-10-5-4-6-11-23;1-14(2)11-16-12-17(15-9-7-6-8-10-15)19-13-18(16)20(3,4)5;/h4-15,17-19H,1-3H3;6-9,12-14H,11H2,1-5H3;/q2*-1;. The molecule has 7 heteroatoms. The molecule has 0 amide bonds. The molecule has 1 radical (unpaired) electrons. The fourth-order valence-electron chi connectivity index (χ4n) is 7.99. The SMILES string of the molecule is CC(C)Cc1cc(-c2[c-]cccc2)ncc1[Si](C)(C)C.Cc1cc(-c2ccccc2)cc(C)c1-n1c(-c2[c-]cc(C)c3c2oc2ncccc23)nc2ccccc21.[Ir]. The average molecular weight is 953 g/mol. The van der Waals surface area contributed by atoms with E-state index in [0.29, 0.717) is 11.6 Å². The zero-order chi connectivity index (χ0) is 39.8. The predicted molar refractivity (Wildman–Crippen MR) is 240 cm³/mol. The topological polar surface area (TPSA) is 56.7 Å². The van der Waals surface area contributed by atoms with E-state index in [1.54, 1.807) is 6.20 Å². The second kappa shape index (κ2) is 16.8. The number of hydrogen-bond acceptors (Lipinski definition) is 4. The molecule has 0 aliphatic carbocycles. The molecule has 0 saturated heterocycles. The number of aryl methyl sites for hydroxylation is 3. The van der Waals surface area contributed by atoms with Crippen molar-refractivity contribution in [3.63, 3.8) is 0 Å². The first-order valence-electron chi connectivity index (χ1n) is 19.8. The Balaban J connectivity index is 0.000000208. The Hall–Kier alpha value is -5.46. The molecule has 9 aromatic rings. The van der Waals surface area contributed by atoms with Crippen LogP contribution in [0.4, 0.5) is 0 Å². The van der Waals surface area contributed by atoms with Gasteiger partial charge >= 0.3 is 0 Å². The summed E-state index contributed by atoms with van der Waals surface area (Å²) in [4.78, 5) is 14.3. The van der Waals surface area contributed by atoms with E-state index in [0.717, 1.165) is 67.7 Å². The molecule has 58 heavy (non-hydrogen) atoms. The predicted octanol–water partition coefficient (Wildman–Crippen LogP) is 12.7. The molecule has 0 aliphatic rings. The number of nitrogens with zero attached hydrogens (tertiary/aromatic N) is 4. The van der Waals surface area contributed by atoms with Crippen molar-refractivity contribution in [2.24, 2.45) is 5.92 Å². The fourth-order valence-corrected chi connectivity index (χ4v) is 9.58. The van der Waals surface area contributed by atoms with Gasteiger partial charge in [0.25, 0.3) is 0 Å². The van der Waals surface area contributed by atoms with E-state index >= 15 is 0 Å². The van der Waals surface area contributed by atoms with Gasteiger partial charge in [-0.3, -0.25) is 4.98 Å². The van der Waals surface area contributed by atoms with Gasteiger partial charge in [0.2, 0.25) is 5.71 Å². The van der Waals surface area contributed by atoms with E-state index in [4.69, 9.17) is 9.40 Å². The number of pyridine rings is 2. The van der Waals surface area contributed by atoms with Crippen molar-refractivity contribution in [2.45, 2.75) is 60.7 Å². The molecule has 4 aromatic heterocycles. The molecule has 0 unspecified atom stereocenters. The van der Waals surface area contributed by atoms with E-state index in [-0.39, 0.29) is 20.1 Å². The van der Waals surface area contributed by atoms with Crippen LogP contribution in [0.1, 0.15) is 36.1 Å². The van der Waals surface area contributed by atoms with Gasteiger partial charge in [-0.1, -0.05) is 105 Å². The van der Waals surface area contributed by atoms with Crippen LogP contribution in [0.15, 0.2) is 132 Å². The number of rotatable bonds is 7. The molecule has 4 heterocycles. The molecule has 0 saturated carbocycles. The Morgan fingerprint density at radius 1 is 0.759 bits per heavy atom. The third kappa shape index (κ3) is 8.00. The molecule has 293 valence electrons. The number of hydrogen-bond donors (Lipinski definition) is 0. The van der Waals surface area contributed by atoms with Gasteiger partial charge < -0.3 is 14.0 Å². The summed E-state index contributed by atoms with van der Waals surface area (Å²) in [6.07, 6.45) is 5.00. The first kappa shape index (κ1) is 40.7. The molecular weight excluding hydrogens is 905 g/mol. The summed E-state index contributed by atoms with van der Waals surface area (Å²) in [6, 6.07) is 46.5. The summed E-state index contributed by atoms with van der Waals surface area (Å²) in [6.45, 7) is 18.2. The van der Waals surface area contributed by atoms with E-state index in [9.17, 15) is 0 Å². The number of fused-ring (bicyclic) bond motifs is 4. The van der Waals surface area contributed by atoms with Crippen LogP contribution in [0.5, 0.6) is 0 Å². The second-order valence-corrected chi connectivity index (χ2v) is 21.5. The van der Waals surface area contributed by atoms with Crippen LogP contribution < -0.4 is 5.19 Å². The molecule has 0 aliphatic heterocycles. The normalized spacial score (nSPS) is 11.5. The van der Waals surface area contributed by atoms with Crippen LogP contribution in [0.3, 0.4) is 0 Å². The Morgan fingerprint density at radius 2 is 1.48 bits per heavy atom. The largest absolute Gasteiger partial charge is 0.486 e. The second-order valence-electron chi connectivity index (χ2n) is 16.4. The Kier molecular flexibility index (Phi) is 11.8. The van der Waals surface area contributed by atoms with Gasteiger partial charge in [-0.25, -0.2) is 4.98 Å². The zero-order valence-corrected chi connectivity index (χ0v) is 37.8. The quantitative estimate of drug-likeness (QED) is 0.118. The molecule has 0 bridgehead atoms. The van der Waals surface area contributed by atoms with E-state index in [2.05, 4.69) is 160 Å². The van der Waals surface area contributed by atoms with Crippen LogP contribution >= 0.6 is 0 Å². The Bertz CT molecular complexity index is 2850. The van der Waals surface area contributed by atoms with Crippen molar-refractivity contribution < 1.29 is 24.5 Å². The van der Waals surface area contributed by atoms with E-state index in [1.807, 2.05) is 42.5 Å². The maximum atomic E-state index is 6.35. The van der Waals surface area contributed by atoms with Gasteiger partial charge in [-0.15, -0.1) is 53.6 Å². The van der Waals surface area contributed by atoms with Crippen molar-refractivity contribution >= 4 is 46.4 Å². The monoisotopic (exact) mass is 953 g/mol. The van der Waals surface area contributed by atoms with Crippen molar-refractivity contribution in [3.05, 3.63) is 162 Å². The molecular formula is C51H48IrN4OSi-2. The van der Waals surface area contributed by atoms with Gasteiger partial charge in [0.05, 0.1) is 30.5 Å². The molecule has 0 fully saturated rings. The maximum Gasteiger partial charge on any atom is 0.216 e. The summed E-state index contributed by atoms with van der Waals surface area (Å²) in [7, 11) is -1.34. The fraction of sp³-hybridized carbons (Fsp3) is 0.196. The zero-order valence-electron chi connectivity index (χ0n) is 34.4. The molecule has 0 N–H and O–H groups in total. The number of furan rings is 1. The minimum Gasteiger partial charge on any atom is -0.486 e. The summed E-state index contributed by atoms with van der Waals surface area (Å²) in [5.74, 6) is 1.48. The summed E-state index contributed by atoms with van der Waals surface area (Å²) in [5.41, 5.74) is 14.8. The van der Waals surface area contributed by atoms with Gasteiger partial charge in [0.15, 0.2) is 0 Å². The molecule has 5 nitrogen and oxygen atoms in total. The minimum atomic E-state index is -1.34. The third-order valence-corrected chi connectivity index (χ3v) is 12.6. The molecule has 0 spiro atoms. The van der Waals surface area contributed by atoms with Crippen LogP contribution in [0.25, 0.3) is 72.6 Å². The van der Waals surface area contributed by atoms with Crippen molar-refractivity contribution in [3.8, 4) is 39.5 Å². The number of para-hydroxylation sites is 2. The van der Waals surface area contributed by atoms with Gasteiger partial charge in [-0.2, -0.15) is 0 Å². The van der Waals surface area contributed by atoms with E-state index in [1.165, 1.54) is 33.0 Å². The van der Waals surface area contributed by atoms with Crippen LogP contribution in [-0.4, -0.2) is 27.6 Å². The molecule has 0 atom stereocenters. The molecule has 9 rings (SSSR count). The molecule has 5 aromatic carbocycles. The first-order chi connectivity index (χ1) is 27.5. The van der Waals surface area contributed by atoms with Gasteiger partial charge in [0.1, 0.15) is 0 Å². The Labute approximate surface area is 356 Å². The van der Waals surface area contributed by atoms with Crippen molar-refractivity contribution in [2.75, 3.05) is 0 Å². The van der Waals surface area contributed by atoms with Crippen LogP contribution in [-0.2, 0) is 26.5 Å². The summed E-state index contributed by atoms with van der Waals surface area (Å²) >= 11 is 0. The maximum absolute atomic E-state index is 6.35. The number of aromatic nitrogens is 4. The number of imidazole rings is 1.